The Morgan fingerprint density at radius 3 is 2.61 bits per heavy atom. The maximum Gasteiger partial charge on any atom is 0.119 e. The summed E-state index contributed by atoms with van der Waals surface area (Å²) >= 11 is 5.12. The van der Waals surface area contributed by atoms with Crippen LogP contribution in [-0.4, -0.2) is 17.1 Å². The molecule has 0 saturated carbocycles. The van der Waals surface area contributed by atoms with E-state index in [2.05, 4.69) is 18.8 Å². The fraction of sp³-hybridized carbons (Fsp3) is 0.286. The van der Waals surface area contributed by atoms with E-state index in [0.29, 0.717) is 10.9 Å². The van der Waals surface area contributed by atoms with Gasteiger partial charge in [0.2, 0.25) is 0 Å². The van der Waals surface area contributed by atoms with Crippen LogP contribution in [0.1, 0.15) is 31.0 Å². The number of ether oxygens (including phenoxy) is 1. The molecule has 1 aromatic heterocycles. The molecule has 18 heavy (non-hydrogen) atoms. The van der Waals surface area contributed by atoms with Crippen LogP contribution in [0.3, 0.4) is 0 Å². The first kappa shape index (κ1) is 12.8. The van der Waals surface area contributed by atoms with Gasteiger partial charge >= 0.3 is 0 Å². The van der Waals surface area contributed by atoms with E-state index in [0.717, 1.165) is 27.9 Å². The van der Waals surface area contributed by atoms with Crippen molar-refractivity contribution in [1.82, 2.24) is 4.98 Å². The number of hydrogen-bond acceptors (Lipinski definition) is 3. The molecule has 94 valence electrons. The summed E-state index contributed by atoms with van der Waals surface area (Å²) in [7, 11) is 1.64. The summed E-state index contributed by atoms with van der Waals surface area (Å²) in [6.45, 7) is 4.20. The summed E-state index contributed by atoms with van der Waals surface area (Å²) in [5.74, 6) is 1.11. The van der Waals surface area contributed by atoms with Crippen molar-refractivity contribution in [2.24, 2.45) is 5.73 Å². The van der Waals surface area contributed by atoms with E-state index in [1.54, 1.807) is 7.11 Å². The van der Waals surface area contributed by atoms with E-state index in [9.17, 15) is 0 Å². The second kappa shape index (κ2) is 4.90. The highest BCUT2D eigenvalue weighted by atomic mass is 32.1. The van der Waals surface area contributed by atoms with Crippen LogP contribution >= 0.6 is 12.2 Å². The molecule has 3 nitrogen and oxygen atoms in total. The molecule has 0 fully saturated rings. The van der Waals surface area contributed by atoms with Crippen molar-refractivity contribution >= 4 is 28.1 Å². The minimum absolute atomic E-state index is 0.338. The van der Waals surface area contributed by atoms with Crippen molar-refractivity contribution < 1.29 is 4.74 Å². The molecule has 2 rings (SSSR count). The molecule has 0 saturated heterocycles. The van der Waals surface area contributed by atoms with Crippen LogP contribution in [0.4, 0.5) is 0 Å². The topological polar surface area (TPSA) is 48.1 Å². The van der Waals surface area contributed by atoms with Crippen molar-refractivity contribution in [3.05, 3.63) is 35.5 Å². The van der Waals surface area contributed by atoms with Crippen molar-refractivity contribution in [1.29, 1.82) is 0 Å². The summed E-state index contributed by atoms with van der Waals surface area (Å²) < 4.78 is 5.22. The number of rotatable bonds is 3. The van der Waals surface area contributed by atoms with E-state index >= 15 is 0 Å². The van der Waals surface area contributed by atoms with E-state index in [1.807, 2.05) is 24.3 Å². The number of fused-ring (bicyclic) bond motifs is 1. The summed E-state index contributed by atoms with van der Waals surface area (Å²) in [4.78, 5) is 5.01. The molecule has 0 atom stereocenters. The summed E-state index contributed by atoms with van der Waals surface area (Å²) in [5.41, 5.74) is 8.55. The zero-order chi connectivity index (χ0) is 13.3. The quantitative estimate of drug-likeness (QED) is 0.862. The van der Waals surface area contributed by atoms with Crippen LogP contribution in [0.15, 0.2) is 24.3 Å². The average molecular weight is 260 g/mol. The van der Waals surface area contributed by atoms with Gasteiger partial charge in [0, 0.05) is 16.6 Å². The van der Waals surface area contributed by atoms with E-state index in [1.165, 1.54) is 0 Å². The Kier molecular flexibility index (Phi) is 3.48. The standard InChI is InChI=1S/C14H16N2OS/c1-8(2)13-7-11(14(15)18)10-6-9(17-3)4-5-12(10)16-13/h4-8H,1-3H3,(H2,15,18). The third-order valence-corrected chi connectivity index (χ3v) is 3.11. The molecule has 0 aliphatic carbocycles. The summed E-state index contributed by atoms with van der Waals surface area (Å²) in [6, 6.07) is 7.71. The van der Waals surface area contributed by atoms with E-state index in [4.69, 9.17) is 22.7 Å². The van der Waals surface area contributed by atoms with Gasteiger partial charge in [-0.25, -0.2) is 0 Å². The van der Waals surface area contributed by atoms with Gasteiger partial charge in [-0.2, -0.15) is 0 Å². The molecule has 1 aromatic carbocycles. The molecule has 0 spiro atoms. The summed E-state index contributed by atoms with van der Waals surface area (Å²) in [6.07, 6.45) is 0. The number of methoxy groups -OCH3 is 1. The minimum Gasteiger partial charge on any atom is -0.497 e. The Morgan fingerprint density at radius 2 is 2.06 bits per heavy atom. The second-order valence-electron chi connectivity index (χ2n) is 4.50. The van der Waals surface area contributed by atoms with Gasteiger partial charge in [-0.05, 0) is 30.2 Å². The number of hydrogen-bond donors (Lipinski definition) is 1. The lowest BCUT2D eigenvalue weighted by molar-refractivity contribution is 0.415. The van der Waals surface area contributed by atoms with Gasteiger partial charge in [0.1, 0.15) is 10.7 Å². The Labute approximate surface area is 112 Å². The first-order valence-electron chi connectivity index (χ1n) is 5.81. The third kappa shape index (κ3) is 2.29. The normalized spacial score (nSPS) is 10.9. The molecular formula is C14H16N2OS. The maximum atomic E-state index is 5.80. The molecule has 2 N–H and O–H groups in total. The molecule has 2 aromatic rings. The summed E-state index contributed by atoms with van der Waals surface area (Å²) in [5, 5.41) is 0.936. The van der Waals surface area contributed by atoms with Crippen LogP contribution in [0, 0.1) is 0 Å². The van der Waals surface area contributed by atoms with Crippen LogP contribution in [0.25, 0.3) is 10.9 Å². The Morgan fingerprint density at radius 1 is 1.33 bits per heavy atom. The van der Waals surface area contributed by atoms with Crippen molar-refractivity contribution in [2.75, 3.05) is 7.11 Å². The van der Waals surface area contributed by atoms with Gasteiger partial charge in [0.05, 0.1) is 12.6 Å². The third-order valence-electron chi connectivity index (χ3n) is 2.89. The number of thiocarbonyl (C=S) groups is 1. The molecule has 0 radical (unpaired) electrons. The Balaban J connectivity index is 2.77. The number of nitrogens with zero attached hydrogens (tertiary/aromatic N) is 1. The van der Waals surface area contributed by atoms with Crippen LogP contribution in [0.2, 0.25) is 0 Å². The van der Waals surface area contributed by atoms with Gasteiger partial charge in [-0.3, -0.25) is 4.98 Å². The number of nitrogens with two attached hydrogens (primary N) is 1. The fourth-order valence-corrected chi connectivity index (χ4v) is 2.02. The first-order valence-corrected chi connectivity index (χ1v) is 6.22. The zero-order valence-electron chi connectivity index (χ0n) is 10.7. The maximum absolute atomic E-state index is 5.80. The molecule has 4 heteroatoms. The molecular weight excluding hydrogens is 244 g/mol. The number of benzene rings is 1. The van der Waals surface area contributed by atoms with Gasteiger partial charge in [-0.15, -0.1) is 0 Å². The Hall–Kier alpha value is -1.68. The van der Waals surface area contributed by atoms with Crippen molar-refractivity contribution in [3.63, 3.8) is 0 Å². The minimum atomic E-state index is 0.338. The van der Waals surface area contributed by atoms with Gasteiger partial charge in [0.15, 0.2) is 0 Å². The van der Waals surface area contributed by atoms with Crippen LogP contribution in [0.5, 0.6) is 5.75 Å². The van der Waals surface area contributed by atoms with E-state index < -0.39 is 0 Å². The fourth-order valence-electron chi connectivity index (χ4n) is 1.85. The monoisotopic (exact) mass is 260 g/mol. The lowest BCUT2D eigenvalue weighted by Gasteiger charge is -2.11. The van der Waals surface area contributed by atoms with Gasteiger partial charge in [-0.1, -0.05) is 26.1 Å². The lowest BCUT2D eigenvalue weighted by atomic mass is 10.0. The molecule has 0 unspecified atom stereocenters. The Bertz CT molecular complexity index is 608. The molecule has 0 bridgehead atoms. The molecule has 0 aliphatic rings. The molecule has 1 heterocycles. The van der Waals surface area contributed by atoms with Crippen LogP contribution < -0.4 is 10.5 Å². The largest absolute Gasteiger partial charge is 0.497 e. The van der Waals surface area contributed by atoms with Gasteiger partial charge in [0.25, 0.3) is 0 Å². The molecule has 0 amide bonds. The molecule has 0 aliphatic heterocycles. The van der Waals surface area contributed by atoms with Gasteiger partial charge < -0.3 is 10.5 Å². The highest BCUT2D eigenvalue weighted by molar-refractivity contribution is 7.80. The lowest BCUT2D eigenvalue weighted by Crippen LogP contribution is -2.11. The van der Waals surface area contributed by atoms with E-state index in [-0.39, 0.29) is 0 Å². The smallest absolute Gasteiger partial charge is 0.119 e. The second-order valence-corrected chi connectivity index (χ2v) is 4.94. The van der Waals surface area contributed by atoms with Crippen molar-refractivity contribution in [3.8, 4) is 5.75 Å². The number of pyridine rings is 1. The van der Waals surface area contributed by atoms with Crippen molar-refractivity contribution in [2.45, 2.75) is 19.8 Å². The number of aromatic nitrogens is 1. The average Bonchev–Trinajstić information content (AvgIpc) is 2.36. The highest BCUT2D eigenvalue weighted by Gasteiger charge is 2.11. The zero-order valence-corrected chi connectivity index (χ0v) is 11.5. The SMILES string of the molecule is COc1ccc2nc(C(C)C)cc(C(N)=S)c2c1. The van der Waals surface area contributed by atoms with Crippen LogP contribution in [-0.2, 0) is 0 Å². The predicted molar refractivity (Wildman–Crippen MR) is 78.3 cm³/mol. The highest BCUT2D eigenvalue weighted by Crippen LogP contribution is 2.26. The first-order chi connectivity index (χ1) is 8.52. The predicted octanol–water partition coefficient (Wildman–Crippen LogP) is 3.00.